The van der Waals surface area contributed by atoms with Gasteiger partial charge in [0.15, 0.2) is 0 Å². The highest BCUT2D eigenvalue weighted by molar-refractivity contribution is 5.44. The molecule has 0 radical (unpaired) electrons. The maximum atomic E-state index is 5.97. The summed E-state index contributed by atoms with van der Waals surface area (Å²) in [4.78, 5) is 0. The van der Waals surface area contributed by atoms with Crippen molar-refractivity contribution in [3.8, 4) is 18.1 Å². The van der Waals surface area contributed by atoms with Crippen LogP contribution in [0, 0.1) is 12.3 Å². The summed E-state index contributed by atoms with van der Waals surface area (Å²) < 4.78 is 5.97. The summed E-state index contributed by atoms with van der Waals surface area (Å²) in [6.45, 7) is 8.41. The van der Waals surface area contributed by atoms with E-state index in [2.05, 4.69) is 51.8 Å². The van der Waals surface area contributed by atoms with Crippen LogP contribution in [0.1, 0.15) is 45.2 Å². The van der Waals surface area contributed by atoms with E-state index in [0.717, 1.165) is 18.6 Å². The second-order valence-corrected chi connectivity index (χ2v) is 5.95. The normalized spacial score (nSPS) is 17.8. The van der Waals surface area contributed by atoms with Gasteiger partial charge in [0.05, 0.1) is 5.41 Å². The Hall–Kier alpha value is -1.42. The minimum absolute atomic E-state index is 0.0455. The van der Waals surface area contributed by atoms with Crippen molar-refractivity contribution in [1.29, 1.82) is 0 Å². The van der Waals surface area contributed by atoms with Gasteiger partial charge in [-0.1, -0.05) is 18.1 Å². The molecule has 0 aromatic heterocycles. The second kappa shape index (κ2) is 3.81. The van der Waals surface area contributed by atoms with Crippen LogP contribution in [-0.4, -0.2) is 5.60 Å². The van der Waals surface area contributed by atoms with Crippen LogP contribution in [0.3, 0.4) is 0 Å². The van der Waals surface area contributed by atoms with Gasteiger partial charge in [-0.05, 0) is 57.7 Å². The zero-order chi connectivity index (χ0) is 12.7. The lowest BCUT2D eigenvalue weighted by Gasteiger charge is -2.33. The number of ether oxygens (including phenoxy) is 1. The number of benzene rings is 1. The largest absolute Gasteiger partial charge is 0.488 e. The molecule has 0 atom stereocenters. The van der Waals surface area contributed by atoms with E-state index in [-0.39, 0.29) is 11.0 Å². The smallest absolute Gasteiger partial charge is 0.123 e. The van der Waals surface area contributed by atoms with Gasteiger partial charge in [0.25, 0.3) is 0 Å². The SMILES string of the molecule is C#CC(C)(C)c1ccc2c(c1)CCC(C)(C)O2. The minimum atomic E-state index is -0.206. The molecular weight excluding hydrogens is 208 g/mol. The molecule has 0 bridgehead atoms. The molecule has 1 heterocycles. The maximum Gasteiger partial charge on any atom is 0.123 e. The molecule has 1 aliphatic rings. The molecule has 0 fully saturated rings. The number of fused-ring (bicyclic) bond motifs is 1. The van der Waals surface area contributed by atoms with Crippen molar-refractivity contribution < 1.29 is 4.74 Å². The molecule has 0 aliphatic carbocycles. The Bertz CT molecular complexity index is 475. The van der Waals surface area contributed by atoms with E-state index >= 15 is 0 Å². The van der Waals surface area contributed by atoms with Crippen LogP contribution in [0.25, 0.3) is 0 Å². The third-order valence-electron chi connectivity index (χ3n) is 3.53. The highest BCUT2D eigenvalue weighted by Crippen LogP contribution is 2.35. The molecule has 1 aromatic rings. The monoisotopic (exact) mass is 228 g/mol. The Morgan fingerprint density at radius 1 is 1.35 bits per heavy atom. The molecule has 2 rings (SSSR count). The fourth-order valence-corrected chi connectivity index (χ4v) is 2.13. The first kappa shape index (κ1) is 12.0. The fourth-order valence-electron chi connectivity index (χ4n) is 2.13. The molecule has 1 nitrogen and oxygen atoms in total. The number of rotatable bonds is 1. The standard InChI is InChI=1S/C16H20O/c1-6-15(2,3)13-7-8-14-12(11-13)9-10-16(4,5)17-14/h1,7-8,11H,9-10H2,2-5H3. The van der Waals surface area contributed by atoms with Crippen LogP contribution in [0.4, 0.5) is 0 Å². The molecule has 90 valence electrons. The molecule has 1 aliphatic heterocycles. The molecule has 0 spiro atoms. The zero-order valence-electron chi connectivity index (χ0n) is 11.1. The number of hydrogen-bond donors (Lipinski definition) is 0. The molecule has 1 aromatic carbocycles. The number of aryl methyl sites for hydroxylation is 1. The van der Waals surface area contributed by atoms with Gasteiger partial charge < -0.3 is 4.74 Å². The first-order valence-electron chi connectivity index (χ1n) is 6.14. The van der Waals surface area contributed by atoms with Gasteiger partial charge >= 0.3 is 0 Å². The molecule has 17 heavy (non-hydrogen) atoms. The van der Waals surface area contributed by atoms with Crippen molar-refractivity contribution in [2.75, 3.05) is 0 Å². The predicted octanol–water partition coefficient (Wildman–Crippen LogP) is 3.70. The van der Waals surface area contributed by atoms with Gasteiger partial charge in [-0.2, -0.15) is 0 Å². The van der Waals surface area contributed by atoms with Crippen LogP contribution in [0.15, 0.2) is 18.2 Å². The zero-order valence-corrected chi connectivity index (χ0v) is 11.1. The van der Waals surface area contributed by atoms with Crippen molar-refractivity contribution in [2.24, 2.45) is 0 Å². The summed E-state index contributed by atoms with van der Waals surface area (Å²) in [6.07, 6.45) is 7.70. The van der Waals surface area contributed by atoms with E-state index in [0.29, 0.717) is 0 Å². The van der Waals surface area contributed by atoms with Gasteiger partial charge in [-0.25, -0.2) is 0 Å². The molecule has 1 heteroatoms. The quantitative estimate of drug-likeness (QED) is 0.666. The van der Waals surface area contributed by atoms with Crippen LogP contribution in [-0.2, 0) is 11.8 Å². The molecule has 0 saturated carbocycles. The van der Waals surface area contributed by atoms with Gasteiger partial charge in [0.1, 0.15) is 11.4 Å². The van der Waals surface area contributed by atoms with Crippen LogP contribution in [0.5, 0.6) is 5.75 Å². The first-order valence-corrected chi connectivity index (χ1v) is 6.14. The Morgan fingerprint density at radius 3 is 2.71 bits per heavy atom. The Morgan fingerprint density at radius 2 is 2.06 bits per heavy atom. The summed E-state index contributed by atoms with van der Waals surface area (Å²) in [5.74, 6) is 3.85. The van der Waals surface area contributed by atoms with E-state index in [1.165, 1.54) is 11.1 Å². The average Bonchev–Trinajstić information content (AvgIpc) is 2.27. The van der Waals surface area contributed by atoms with Crippen LogP contribution >= 0.6 is 0 Å². The van der Waals surface area contributed by atoms with Crippen LogP contribution in [0.2, 0.25) is 0 Å². The van der Waals surface area contributed by atoms with E-state index in [4.69, 9.17) is 11.2 Å². The lowest BCUT2D eigenvalue weighted by molar-refractivity contribution is 0.0846. The number of hydrogen-bond acceptors (Lipinski definition) is 1. The average molecular weight is 228 g/mol. The molecule has 0 N–H and O–H groups in total. The van der Waals surface area contributed by atoms with Crippen LogP contribution < -0.4 is 4.74 Å². The topological polar surface area (TPSA) is 9.23 Å². The van der Waals surface area contributed by atoms with Crippen molar-refractivity contribution in [1.82, 2.24) is 0 Å². The Balaban J connectivity index is 2.38. The molecule has 0 unspecified atom stereocenters. The maximum absolute atomic E-state index is 5.97. The van der Waals surface area contributed by atoms with Gasteiger partial charge in [-0.15, -0.1) is 6.42 Å². The summed E-state index contributed by atoms with van der Waals surface area (Å²) in [6, 6.07) is 6.34. The van der Waals surface area contributed by atoms with E-state index < -0.39 is 0 Å². The summed E-state index contributed by atoms with van der Waals surface area (Å²) >= 11 is 0. The second-order valence-electron chi connectivity index (χ2n) is 5.95. The lowest BCUT2D eigenvalue weighted by Crippen LogP contribution is -2.32. The highest BCUT2D eigenvalue weighted by atomic mass is 16.5. The minimum Gasteiger partial charge on any atom is -0.488 e. The predicted molar refractivity (Wildman–Crippen MR) is 71.3 cm³/mol. The number of terminal acetylenes is 1. The molecule has 0 saturated heterocycles. The van der Waals surface area contributed by atoms with Gasteiger partial charge in [-0.3, -0.25) is 0 Å². The van der Waals surface area contributed by atoms with Gasteiger partial charge in [0, 0.05) is 0 Å². The van der Waals surface area contributed by atoms with Crippen molar-refractivity contribution in [3.63, 3.8) is 0 Å². The molecular formula is C16H20O. The van der Waals surface area contributed by atoms with Crippen molar-refractivity contribution in [3.05, 3.63) is 29.3 Å². The third-order valence-corrected chi connectivity index (χ3v) is 3.53. The third kappa shape index (κ3) is 2.31. The fraction of sp³-hybridized carbons (Fsp3) is 0.500. The van der Waals surface area contributed by atoms with E-state index in [9.17, 15) is 0 Å². The Labute approximate surface area is 104 Å². The highest BCUT2D eigenvalue weighted by Gasteiger charge is 2.27. The Kier molecular flexibility index (Phi) is 2.70. The lowest BCUT2D eigenvalue weighted by atomic mass is 9.83. The summed E-state index contributed by atoms with van der Waals surface area (Å²) in [5.41, 5.74) is 2.23. The summed E-state index contributed by atoms with van der Waals surface area (Å²) in [7, 11) is 0. The van der Waals surface area contributed by atoms with E-state index in [1.54, 1.807) is 0 Å². The van der Waals surface area contributed by atoms with Gasteiger partial charge in [0.2, 0.25) is 0 Å². The van der Waals surface area contributed by atoms with Crippen molar-refractivity contribution >= 4 is 0 Å². The molecule has 0 amide bonds. The van der Waals surface area contributed by atoms with E-state index in [1.807, 2.05) is 0 Å². The van der Waals surface area contributed by atoms with Crippen molar-refractivity contribution in [2.45, 2.75) is 51.6 Å². The summed E-state index contributed by atoms with van der Waals surface area (Å²) in [5, 5.41) is 0. The first-order chi connectivity index (χ1) is 7.84.